The van der Waals surface area contributed by atoms with Crippen LogP contribution in [-0.2, 0) is 6.42 Å². The van der Waals surface area contributed by atoms with Crippen molar-refractivity contribution in [3.05, 3.63) is 16.2 Å². The van der Waals surface area contributed by atoms with Crippen LogP contribution in [0.3, 0.4) is 0 Å². The molecule has 0 saturated heterocycles. The lowest BCUT2D eigenvalue weighted by Crippen LogP contribution is -2.04. The maximum atomic E-state index is 5.97. The van der Waals surface area contributed by atoms with E-state index in [2.05, 4.69) is 28.3 Å². The van der Waals surface area contributed by atoms with E-state index in [0.29, 0.717) is 5.28 Å². The summed E-state index contributed by atoms with van der Waals surface area (Å²) in [5, 5.41) is 4.85. The van der Waals surface area contributed by atoms with Crippen LogP contribution in [0.15, 0.2) is 6.07 Å². The summed E-state index contributed by atoms with van der Waals surface area (Å²) in [6, 6.07) is 2.18. The summed E-state index contributed by atoms with van der Waals surface area (Å²) < 4.78 is 0. The molecule has 1 N–H and O–H groups in total. The SMILES string of the molecule is CCc1cc2c(NCCC3CC3)nc(Cl)nc2s1. The van der Waals surface area contributed by atoms with Gasteiger partial charge in [0.1, 0.15) is 10.6 Å². The highest BCUT2D eigenvalue weighted by molar-refractivity contribution is 7.18. The zero-order valence-corrected chi connectivity index (χ0v) is 11.9. The molecule has 1 aliphatic rings. The van der Waals surface area contributed by atoms with Gasteiger partial charge in [-0.3, -0.25) is 0 Å². The fourth-order valence-electron chi connectivity index (χ4n) is 2.06. The average Bonchev–Trinajstić information content (AvgIpc) is 3.07. The van der Waals surface area contributed by atoms with Crippen LogP contribution in [0.25, 0.3) is 10.2 Å². The molecule has 5 heteroatoms. The molecule has 18 heavy (non-hydrogen) atoms. The minimum Gasteiger partial charge on any atom is -0.369 e. The van der Waals surface area contributed by atoms with Crippen LogP contribution in [0, 0.1) is 5.92 Å². The van der Waals surface area contributed by atoms with Crippen molar-refractivity contribution in [2.45, 2.75) is 32.6 Å². The van der Waals surface area contributed by atoms with Gasteiger partial charge in [-0.05, 0) is 36.4 Å². The molecule has 3 rings (SSSR count). The van der Waals surface area contributed by atoms with E-state index in [0.717, 1.165) is 34.9 Å². The van der Waals surface area contributed by atoms with Crippen molar-refractivity contribution in [3.8, 4) is 0 Å². The van der Waals surface area contributed by atoms with Crippen LogP contribution in [0.4, 0.5) is 5.82 Å². The van der Waals surface area contributed by atoms with Crippen molar-refractivity contribution in [2.24, 2.45) is 5.92 Å². The molecular formula is C13H16ClN3S. The van der Waals surface area contributed by atoms with Gasteiger partial charge in [-0.2, -0.15) is 0 Å². The van der Waals surface area contributed by atoms with Crippen LogP contribution >= 0.6 is 22.9 Å². The fourth-order valence-corrected chi connectivity index (χ4v) is 3.24. The summed E-state index contributed by atoms with van der Waals surface area (Å²) in [5.41, 5.74) is 0. The first-order valence-corrected chi connectivity index (χ1v) is 7.65. The first-order valence-electron chi connectivity index (χ1n) is 6.46. The number of nitrogens with zero attached hydrogens (tertiary/aromatic N) is 2. The smallest absolute Gasteiger partial charge is 0.225 e. The summed E-state index contributed by atoms with van der Waals surface area (Å²) >= 11 is 7.68. The highest BCUT2D eigenvalue weighted by Gasteiger charge is 2.20. The van der Waals surface area contributed by atoms with Gasteiger partial charge in [0.05, 0.1) is 5.39 Å². The lowest BCUT2D eigenvalue weighted by molar-refractivity contribution is 0.759. The molecule has 3 nitrogen and oxygen atoms in total. The summed E-state index contributed by atoms with van der Waals surface area (Å²) in [6.45, 7) is 3.13. The number of rotatable bonds is 5. The van der Waals surface area contributed by atoms with Crippen molar-refractivity contribution in [1.82, 2.24) is 9.97 Å². The highest BCUT2D eigenvalue weighted by atomic mass is 35.5. The second kappa shape index (κ2) is 5.02. The zero-order chi connectivity index (χ0) is 12.5. The summed E-state index contributed by atoms with van der Waals surface area (Å²) in [7, 11) is 0. The van der Waals surface area contributed by atoms with E-state index in [1.54, 1.807) is 11.3 Å². The third-order valence-electron chi connectivity index (χ3n) is 3.31. The molecule has 1 fully saturated rings. The van der Waals surface area contributed by atoms with Gasteiger partial charge >= 0.3 is 0 Å². The van der Waals surface area contributed by atoms with Crippen molar-refractivity contribution in [2.75, 3.05) is 11.9 Å². The molecule has 1 aliphatic carbocycles. The maximum absolute atomic E-state index is 5.97. The predicted molar refractivity (Wildman–Crippen MR) is 77.6 cm³/mol. The quantitative estimate of drug-likeness (QED) is 0.838. The van der Waals surface area contributed by atoms with Crippen LogP contribution in [0.1, 0.15) is 31.1 Å². The second-order valence-electron chi connectivity index (χ2n) is 4.79. The Bertz CT molecular complexity index is 563. The van der Waals surface area contributed by atoms with E-state index in [-0.39, 0.29) is 0 Å². The van der Waals surface area contributed by atoms with Gasteiger partial charge in [-0.25, -0.2) is 9.97 Å². The largest absolute Gasteiger partial charge is 0.369 e. The van der Waals surface area contributed by atoms with Crippen LogP contribution in [0.2, 0.25) is 5.28 Å². The minimum absolute atomic E-state index is 0.334. The Kier molecular flexibility index (Phi) is 3.39. The molecule has 96 valence electrons. The molecule has 0 spiro atoms. The Morgan fingerprint density at radius 3 is 3.00 bits per heavy atom. The first-order chi connectivity index (χ1) is 8.76. The Hall–Kier alpha value is -0.870. The molecule has 2 aromatic rings. The number of anilines is 1. The number of nitrogens with one attached hydrogen (secondary N) is 1. The van der Waals surface area contributed by atoms with E-state index in [9.17, 15) is 0 Å². The molecule has 0 aromatic carbocycles. The van der Waals surface area contributed by atoms with Gasteiger partial charge in [0.15, 0.2) is 0 Å². The van der Waals surface area contributed by atoms with Crippen molar-refractivity contribution in [1.29, 1.82) is 0 Å². The Balaban J connectivity index is 1.85. The van der Waals surface area contributed by atoms with Gasteiger partial charge in [0, 0.05) is 11.4 Å². The number of hydrogen-bond donors (Lipinski definition) is 1. The lowest BCUT2D eigenvalue weighted by Gasteiger charge is -2.06. The minimum atomic E-state index is 0.334. The third kappa shape index (κ3) is 2.59. The lowest BCUT2D eigenvalue weighted by atomic mass is 10.3. The van der Waals surface area contributed by atoms with Gasteiger partial charge < -0.3 is 5.32 Å². The monoisotopic (exact) mass is 281 g/mol. The van der Waals surface area contributed by atoms with E-state index in [4.69, 9.17) is 11.6 Å². The van der Waals surface area contributed by atoms with Gasteiger partial charge in [0.2, 0.25) is 5.28 Å². The topological polar surface area (TPSA) is 37.8 Å². The van der Waals surface area contributed by atoms with E-state index in [1.165, 1.54) is 24.1 Å². The van der Waals surface area contributed by atoms with Gasteiger partial charge in [0.25, 0.3) is 0 Å². The summed E-state index contributed by atoms with van der Waals surface area (Å²) in [5.74, 6) is 1.82. The molecule has 0 amide bonds. The van der Waals surface area contributed by atoms with Crippen molar-refractivity contribution < 1.29 is 0 Å². The Morgan fingerprint density at radius 2 is 2.28 bits per heavy atom. The third-order valence-corrected chi connectivity index (χ3v) is 4.65. The van der Waals surface area contributed by atoms with Crippen molar-refractivity contribution >= 4 is 39.0 Å². The average molecular weight is 282 g/mol. The number of thiophene rings is 1. The number of aryl methyl sites for hydroxylation is 1. The van der Waals surface area contributed by atoms with E-state index >= 15 is 0 Å². The van der Waals surface area contributed by atoms with Crippen LogP contribution in [-0.4, -0.2) is 16.5 Å². The Morgan fingerprint density at radius 1 is 1.44 bits per heavy atom. The molecule has 0 radical (unpaired) electrons. The van der Waals surface area contributed by atoms with Crippen LogP contribution < -0.4 is 5.32 Å². The molecule has 0 atom stereocenters. The zero-order valence-electron chi connectivity index (χ0n) is 10.4. The van der Waals surface area contributed by atoms with Gasteiger partial charge in [-0.1, -0.05) is 19.8 Å². The second-order valence-corrected chi connectivity index (χ2v) is 6.24. The molecule has 0 unspecified atom stereocenters. The predicted octanol–water partition coefficient (Wildman–Crippen LogP) is 4.12. The van der Waals surface area contributed by atoms with E-state index < -0.39 is 0 Å². The number of halogens is 1. The molecule has 2 heterocycles. The molecule has 0 bridgehead atoms. The van der Waals surface area contributed by atoms with E-state index in [1.807, 2.05) is 0 Å². The molecule has 2 aromatic heterocycles. The number of hydrogen-bond acceptors (Lipinski definition) is 4. The summed E-state index contributed by atoms with van der Waals surface area (Å²) in [4.78, 5) is 10.9. The molecule has 1 saturated carbocycles. The van der Waals surface area contributed by atoms with Crippen molar-refractivity contribution in [3.63, 3.8) is 0 Å². The Labute approximate surface area is 116 Å². The molecule has 0 aliphatic heterocycles. The van der Waals surface area contributed by atoms with Gasteiger partial charge in [-0.15, -0.1) is 11.3 Å². The number of aromatic nitrogens is 2. The number of fused-ring (bicyclic) bond motifs is 1. The summed E-state index contributed by atoms with van der Waals surface area (Å²) in [6.07, 6.45) is 5.04. The standard InChI is InChI=1S/C13H16ClN3S/c1-2-9-7-10-11(15-6-5-8-3-4-8)16-13(14)17-12(10)18-9/h7-8H,2-6H2,1H3,(H,15,16,17). The normalized spacial score (nSPS) is 15.2. The molecular weight excluding hydrogens is 266 g/mol. The maximum Gasteiger partial charge on any atom is 0.225 e. The van der Waals surface area contributed by atoms with Crippen LogP contribution in [0.5, 0.6) is 0 Å². The highest BCUT2D eigenvalue weighted by Crippen LogP contribution is 2.33. The first kappa shape index (κ1) is 12.2. The fraction of sp³-hybridized carbons (Fsp3) is 0.538.